The van der Waals surface area contributed by atoms with Crippen LogP contribution in [0.4, 0.5) is 4.39 Å². The highest BCUT2D eigenvalue weighted by atomic mass is 19.1. The van der Waals surface area contributed by atoms with Crippen LogP contribution in [0.1, 0.15) is 12.5 Å². The van der Waals surface area contributed by atoms with Crippen molar-refractivity contribution in [2.75, 3.05) is 13.4 Å². The van der Waals surface area contributed by atoms with E-state index in [1.807, 2.05) is 4.98 Å². The summed E-state index contributed by atoms with van der Waals surface area (Å²) in [4.78, 5) is 25.5. The van der Waals surface area contributed by atoms with Crippen molar-refractivity contribution >= 4 is 0 Å². The number of hydroxylamine groups is 2. The van der Waals surface area contributed by atoms with Crippen LogP contribution in [0, 0.1) is 0 Å². The summed E-state index contributed by atoms with van der Waals surface area (Å²) in [6.07, 6.45) is -2.89. The smallest absolute Gasteiger partial charge is 0.332 e. The van der Waals surface area contributed by atoms with Crippen molar-refractivity contribution in [3.05, 3.63) is 32.6 Å². The van der Waals surface area contributed by atoms with E-state index in [1.165, 1.54) is 0 Å². The molecule has 0 amide bonds. The predicted molar refractivity (Wildman–Crippen MR) is 73.4 cm³/mol. The molecule has 12 heteroatoms. The van der Waals surface area contributed by atoms with Gasteiger partial charge in [0.05, 0.1) is 6.61 Å². The minimum atomic E-state index is -3.25. The maximum Gasteiger partial charge on any atom is 0.332 e. The molecule has 2 rings (SSSR count). The standard InChI is InChI=1S/C12H18FN3O8/c1-2-6-3-15(10(20)14-9(6)19)12(22)11(21,16(23)5-13)8(18)7(4-17)24-12/h3,7-8,17-18,21-23H,2,4-5H2,1H3,(H,14,19,20)/t7-,8-,11-,12+/m1/s1. The molecule has 0 radical (unpaired) electrons. The number of nitrogens with one attached hydrogen (secondary N) is 1. The average molecular weight is 351 g/mol. The Morgan fingerprint density at radius 2 is 2.08 bits per heavy atom. The van der Waals surface area contributed by atoms with E-state index < -0.39 is 53.6 Å². The Morgan fingerprint density at radius 1 is 1.46 bits per heavy atom. The lowest BCUT2D eigenvalue weighted by Crippen LogP contribution is -2.68. The van der Waals surface area contributed by atoms with Crippen LogP contribution in [-0.2, 0) is 17.1 Å². The second-order valence-corrected chi connectivity index (χ2v) is 5.27. The van der Waals surface area contributed by atoms with Gasteiger partial charge >= 0.3 is 11.6 Å². The summed E-state index contributed by atoms with van der Waals surface area (Å²) in [5.41, 5.74) is -5.26. The highest BCUT2D eigenvalue weighted by Crippen LogP contribution is 2.42. The van der Waals surface area contributed by atoms with Crippen LogP contribution in [0.25, 0.3) is 0 Å². The summed E-state index contributed by atoms with van der Waals surface area (Å²) >= 11 is 0. The lowest BCUT2D eigenvalue weighted by molar-refractivity contribution is -0.416. The van der Waals surface area contributed by atoms with Crippen LogP contribution < -0.4 is 11.2 Å². The van der Waals surface area contributed by atoms with Gasteiger partial charge < -0.3 is 30.4 Å². The first kappa shape index (κ1) is 18.7. The van der Waals surface area contributed by atoms with Crippen LogP contribution in [0.5, 0.6) is 0 Å². The third-order valence-electron chi connectivity index (χ3n) is 3.97. The van der Waals surface area contributed by atoms with E-state index in [-0.39, 0.29) is 12.0 Å². The molecule has 2 heterocycles. The van der Waals surface area contributed by atoms with Crippen LogP contribution >= 0.6 is 0 Å². The van der Waals surface area contributed by atoms with E-state index in [9.17, 15) is 39.6 Å². The molecule has 1 aromatic rings. The average Bonchev–Trinajstić information content (AvgIpc) is 2.76. The topological polar surface area (TPSA) is 168 Å². The van der Waals surface area contributed by atoms with E-state index >= 15 is 0 Å². The highest BCUT2D eigenvalue weighted by Gasteiger charge is 2.70. The summed E-state index contributed by atoms with van der Waals surface area (Å²) in [7, 11) is 0. The zero-order valence-electron chi connectivity index (χ0n) is 12.6. The predicted octanol–water partition coefficient (Wildman–Crippen LogP) is -3.24. The Morgan fingerprint density at radius 3 is 2.58 bits per heavy atom. The number of ether oxygens (including phenoxy) is 1. The quantitative estimate of drug-likeness (QED) is 0.181. The second kappa shape index (κ2) is 6.33. The largest absolute Gasteiger partial charge is 0.394 e. The number of H-pyrrole nitrogens is 1. The molecular formula is C12H18FN3O8. The van der Waals surface area contributed by atoms with Crippen LogP contribution in [0.2, 0.25) is 0 Å². The van der Waals surface area contributed by atoms with Gasteiger partial charge in [0.15, 0.2) is 6.80 Å². The maximum atomic E-state index is 12.9. The summed E-state index contributed by atoms with van der Waals surface area (Å²) in [6.45, 7) is -1.11. The summed E-state index contributed by atoms with van der Waals surface area (Å²) in [5.74, 6) is -3.20. The number of rotatable bonds is 5. The molecule has 24 heavy (non-hydrogen) atoms. The van der Waals surface area contributed by atoms with Gasteiger partial charge in [0.25, 0.3) is 5.56 Å². The van der Waals surface area contributed by atoms with Gasteiger partial charge in [-0.3, -0.25) is 9.78 Å². The third-order valence-corrected chi connectivity index (χ3v) is 3.97. The molecule has 0 aliphatic carbocycles. The fourth-order valence-corrected chi connectivity index (χ4v) is 2.58. The lowest BCUT2D eigenvalue weighted by Gasteiger charge is -2.40. The number of hydrogen-bond donors (Lipinski definition) is 6. The van der Waals surface area contributed by atoms with Crippen molar-refractivity contribution < 1.29 is 34.8 Å². The van der Waals surface area contributed by atoms with Crippen molar-refractivity contribution in [2.45, 2.75) is 37.2 Å². The molecule has 6 N–H and O–H groups in total. The van der Waals surface area contributed by atoms with Gasteiger partial charge in [0.1, 0.15) is 12.2 Å². The van der Waals surface area contributed by atoms with Gasteiger partial charge in [-0.25, -0.2) is 13.8 Å². The molecule has 0 aromatic carbocycles. The molecule has 0 saturated carbocycles. The van der Waals surface area contributed by atoms with Gasteiger partial charge in [-0.1, -0.05) is 6.92 Å². The number of aryl methyl sites for hydroxylation is 1. The molecule has 1 aliphatic heterocycles. The monoisotopic (exact) mass is 351 g/mol. The van der Waals surface area contributed by atoms with E-state index in [0.717, 1.165) is 6.20 Å². The molecule has 1 aromatic heterocycles. The van der Waals surface area contributed by atoms with Crippen LogP contribution in [-0.4, -0.2) is 71.6 Å². The molecule has 1 fully saturated rings. The summed E-state index contributed by atoms with van der Waals surface area (Å²) in [6, 6.07) is 0. The Hall–Kier alpha value is -1.67. The van der Waals surface area contributed by atoms with Crippen molar-refractivity contribution in [1.82, 2.24) is 14.6 Å². The first-order valence-electron chi connectivity index (χ1n) is 6.96. The number of aliphatic hydroxyl groups excluding tert-OH is 2. The van der Waals surface area contributed by atoms with Gasteiger partial charge in [0, 0.05) is 11.8 Å². The number of aliphatic hydroxyl groups is 4. The molecule has 136 valence electrons. The van der Waals surface area contributed by atoms with Gasteiger partial charge in [-0.15, -0.1) is 5.06 Å². The van der Waals surface area contributed by atoms with Gasteiger partial charge in [-0.2, -0.15) is 0 Å². The Labute approximate surface area is 133 Å². The zero-order chi connectivity index (χ0) is 18.3. The Kier molecular flexibility index (Phi) is 4.92. The van der Waals surface area contributed by atoms with Crippen molar-refractivity contribution in [3.8, 4) is 0 Å². The van der Waals surface area contributed by atoms with E-state index in [1.54, 1.807) is 6.92 Å². The van der Waals surface area contributed by atoms with E-state index in [4.69, 9.17) is 4.74 Å². The Balaban J connectivity index is 2.73. The molecule has 4 atom stereocenters. The van der Waals surface area contributed by atoms with Crippen molar-refractivity contribution in [2.24, 2.45) is 0 Å². The van der Waals surface area contributed by atoms with Gasteiger partial charge in [-0.05, 0) is 6.42 Å². The lowest BCUT2D eigenvalue weighted by atomic mass is 10.0. The fourth-order valence-electron chi connectivity index (χ4n) is 2.58. The number of nitrogens with zero attached hydrogens (tertiary/aromatic N) is 2. The Bertz CT molecular complexity index is 723. The SMILES string of the molecule is CCc1cn([C@@]2(O)O[C@H](CO)[C@@H](O)[C@]2(O)N(O)CF)c(=O)[nH]c1=O. The van der Waals surface area contributed by atoms with Crippen molar-refractivity contribution in [3.63, 3.8) is 0 Å². The molecular weight excluding hydrogens is 333 g/mol. The maximum absolute atomic E-state index is 12.9. The summed E-state index contributed by atoms with van der Waals surface area (Å²) in [5, 5.41) is 49.5. The fraction of sp³-hybridized carbons (Fsp3) is 0.667. The highest BCUT2D eigenvalue weighted by molar-refractivity contribution is 5.09. The number of aromatic nitrogens is 2. The van der Waals surface area contributed by atoms with E-state index in [2.05, 4.69) is 0 Å². The minimum Gasteiger partial charge on any atom is -0.394 e. The molecule has 1 saturated heterocycles. The minimum absolute atomic E-state index is 0.000603. The summed E-state index contributed by atoms with van der Waals surface area (Å²) < 4.78 is 18.1. The van der Waals surface area contributed by atoms with Crippen LogP contribution in [0.3, 0.4) is 0 Å². The molecule has 0 spiro atoms. The molecule has 1 aliphatic rings. The van der Waals surface area contributed by atoms with Crippen molar-refractivity contribution in [1.29, 1.82) is 0 Å². The van der Waals surface area contributed by atoms with Gasteiger partial charge in [0.2, 0.25) is 5.72 Å². The number of halogens is 1. The molecule has 11 nitrogen and oxygen atoms in total. The van der Waals surface area contributed by atoms with Crippen LogP contribution in [0.15, 0.2) is 15.8 Å². The zero-order valence-corrected chi connectivity index (χ0v) is 12.6. The number of alkyl halides is 1. The first-order valence-corrected chi connectivity index (χ1v) is 6.96. The van der Waals surface area contributed by atoms with E-state index in [0.29, 0.717) is 4.57 Å². The molecule has 0 unspecified atom stereocenters. The normalized spacial score (nSPS) is 33.3. The number of aromatic amines is 1. The second-order valence-electron chi connectivity index (χ2n) is 5.27. The first-order chi connectivity index (χ1) is 11.2. The molecule has 0 bridgehead atoms. The number of hydrogen-bond acceptors (Lipinski definition) is 9. The third kappa shape index (κ3) is 2.39.